The van der Waals surface area contributed by atoms with Crippen molar-refractivity contribution in [2.24, 2.45) is 0 Å². The van der Waals surface area contributed by atoms with Crippen molar-refractivity contribution in [3.8, 4) is 10.6 Å². The number of anilines is 1. The number of halogens is 1. The lowest BCUT2D eigenvalue weighted by Gasteiger charge is -2.19. The molecule has 0 bridgehead atoms. The number of thiazole rings is 1. The Balaban J connectivity index is 1.45. The minimum absolute atomic E-state index is 0.0167. The molecule has 1 aliphatic carbocycles. The Morgan fingerprint density at radius 2 is 1.92 bits per heavy atom. The third-order valence-electron chi connectivity index (χ3n) is 4.65. The molecule has 2 aromatic carbocycles. The normalized spacial score (nSPS) is 13.3. The molecular weight excluding hydrogens is 364 g/mol. The molecule has 132 valence electrons. The number of carbonyl (C=O) groups is 1. The maximum Gasteiger partial charge on any atom is 0.230 e. The molecule has 0 unspecified atom stereocenters. The number of fused-ring (bicyclic) bond motifs is 1. The molecule has 0 fully saturated rings. The second-order valence-electron chi connectivity index (χ2n) is 6.53. The fourth-order valence-corrected chi connectivity index (χ4v) is 4.32. The minimum atomic E-state index is -0.0167. The lowest BCUT2D eigenvalue weighted by Crippen LogP contribution is -2.17. The SMILES string of the molecule is O=C(Cc1csc(-c2ccc(Cl)cc2)n1)Nc1cccc2c1CCCC2. The summed E-state index contributed by atoms with van der Waals surface area (Å²) >= 11 is 7.48. The summed E-state index contributed by atoms with van der Waals surface area (Å²) in [6.07, 6.45) is 4.86. The minimum Gasteiger partial charge on any atom is -0.325 e. The summed E-state index contributed by atoms with van der Waals surface area (Å²) in [6, 6.07) is 13.8. The van der Waals surface area contributed by atoms with E-state index >= 15 is 0 Å². The Morgan fingerprint density at radius 3 is 2.77 bits per heavy atom. The zero-order chi connectivity index (χ0) is 17.9. The van der Waals surface area contributed by atoms with Crippen molar-refractivity contribution in [3.63, 3.8) is 0 Å². The third kappa shape index (κ3) is 3.81. The molecule has 0 atom stereocenters. The molecule has 0 radical (unpaired) electrons. The molecule has 0 spiro atoms. The van der Waals surface area contributed by atoms with Crippen molar-refractivity contribution < 1.29 is 4.79 Å². The van der Waals surface area contributed by atoms with E-state index in [1.54, 1.807) is 11.3 Å². The fourth-order valence-electron chi connectivity index (χ4n) is 3.37. The van der Waals surface area contributed by atoms with E-state index < -0.39 is 0 Å². The molecule has 4 rings (SSSR count). The van der Waals surface area contributed by atoms with Crippen molar-refractivity contribution >= 4 is 34.5 Å². The van der Waals surface area contributed by atoms with Gasteiger partial charge in [-0.2, -0.15) is 0 Å². The van der Waals surface area contributed by atoms with E-state index in [2.05, 4.69) is 16.4 Å². The smallest absolute Gasteiger partial charge is 0.230 e. The molecule has 5 heteroatoms. The molecule has 1 N–H and O–H groups in total. The molecule has 1 aliphatic rings. The van der Waals surface area contributed by atoms with Gasteiger partial charge in [-0.3, -0.25) is 4.79 Å². The Hall–Kier alpha value is -2.17. The van der Waals surface area contributed by atoms with Gasteiger partial charge in [0.1, 0.15) is 5.01 Å². The Morgan fingerprint density at radius 1 is 1.12 bits per heavy atom. The highest BCUT2D eigenvalue weighted by atomic mass is 35.5. The maximum atomic E-state index is 12.5. The molecular formula is C21H19ClN2OS. The van der Waals surface area contributed by atoms with E-state index in [-0.39, 0.29) is 12.3 Å². The lowest BCUT2D eigenvalue weighted by molar-refractivity contribution is -0.115. The number of nitrogens with one attached hydrogen (secondary N) is 1. The molecule has 1 heterocycles. The molecule has 26 heavy (non-hydrogen) atoms. The summed E-state index contributed by atoms with van der Waals surface area (Å²) in [4.78, 5) is 17.1. The Labute approximate surface area is 162 Å². The average Bonchev–Trinajstić information content (AvgIpc) is 3.11. The van der Waals surface area contributed by atoms with E-state index in [4.69, 9.17) is 11.6 Å². The number of aryl methyl sites for hydroxylation is 1. The van der Waals surface area contributed by atoms with Gasteiger partial charge >= 0.3 is 0 Å². The largest absolute Gasteiger partial charge is 0.325 e. The van der Waals surface area contributed by atoms with Crippen LogP contribution < -0.4 is 5.32 Å². The first-order valence-electron chi connectivity index (χ1n) is 8.80. The van der Waals surface area contributed by atoms with Crippen LogP contribution in [-0.4, -0.2) is 10.9 Å². The number of carbonyl (C=O) groups excluding carboxylic acids is 1. The van der Waals surface area contributed by atoms with Crippen molar-refractivity contribution in [2.75, 3.05) is 5.32 Å². The monoisotopic (exact) mass is 382 g/mol. The molecule has 0 saturated carbocycles. The number of aromatic nitrogens is 1. The first kappa shape index (κ1) is 17.3. The Bertz CT molecular complexity index is 933. The van der Waals surface area contributed by atoms with Gasteiger partial charge in [-0.25, -0.2) is 4.98 Å². The molecule has 0 saturated heterocycles. The highest BCUT2D eigenvalue weighted by molar-refractivity contribution is 7.13. The lowest BCUT2D eigenvalue weighted by atomic mass is 9.90. The highest BCUT2D eigenvalue weighted by Gasteiger charge is 2.15. The number of rotatable bonds is 4. The van der Waals surface area contributed by atoms with Crippen LogP contribution in [0.15, 0.2) is 47.8 Å². The summed E-state index contributed by atoms with van der Waals surface area (Å²) in [5.74, 6) is -0.0167. The van der Waals surface area contributed by atoms with Crippen molar-refractivity contribution in [1.29, 1.82) is 0 Å². The second-order valence-corrected chi connectivity index (χ2v) is 7.82. The van der Waals surface area contributed by atoms with E-state index in [1.807, 2.05) is 41.8 Å². The summed E-state index contributed by atoms with van der Waals surface area (Å²) in [5.41, 5.74) is 5.44. The van der Waals surface area contributed by atoms with Gasteiger partial charge in [-0.15, -0.1) is 11.3 Å². The van der Waals surface area contributed by atoms with Crippen molar-refractivity contribution in [1.82, 2.24) is 4.98 Å². The first-order chi connectivity index (χ1) is 12.7. The van der Waals surface area contributed by atoms with Gasteiger partial charge in [-0.05, 0) is 55.0 Å². The number of hydrogen-bond acceptors (Lipinski definition) is 3. The van der Waals surface area contributed by atoms with Gasteiger partial charge in [0, 0.05) is 21.7 Å². The van der Waals surface area contributed by atoms with Gasteiger partial charge in [0.15, 0.2) is 0 Å². The van der Waals surface area contributed by atoms with Crippen LogP contribution in [0.2, 0.25) is 5.02 Å². The van der Waals surface area contributed by atoms with E-state index in [1.165, 1.54) is 24.0 Å². The summed E-state index contributed by atoms with van der Waals surface area (Å²) in [7, 11) is 0. The van der Waals surface area contributed by atoms with Crippen LogP contribution in [0, 0.1) is 0 Å². The van der Waals surface area contributed by atoms with Crippen LogP contribution in [0.1, 0.15) is 29.7 Å². The number of benzene rings is 2. The van der Waals surface area contributed by atoms with Gasteiger partial charge in [0.2, 0.25) is 5.91 Å². The number of hydrogen-bond donors (Lipinski definition) is 1. The quantitative estimate of drug-likeness (QED) is 0.645. The summed E-state index contributed by atoms with van der Waals surface area (Å²) < 4.78 is 0. The first-order valence-corrected chi connectivity index (χ1v) is 10.1. The van der Waals surface area contributed by atoms with E-state index in [0.29, 0.717) is 5.02 Å². The standard InChI is InChI=1S/C21H19ClN2OS/c22-16-10-8-15(9-11-16)21-23-17(13-26-21)12-20(25)24-19-7-3-5-14-4-1-2-6-18(14)19/h3,5,7-11,13H,1-2,4,6,12H2,(H,24,25). The van der Waals surface area contributed by atoms with Crippen LogP contribution in [-0.2, 0) is 24.1 Å². The molecule has 1 aromatic heterocycles. The molecule has 1 amide bonds. The van der Waals surface area contributed by atoms with E-state index in [0.717, 1.165) is 34.8 Å². The van der Waals surface area contributed by atoms with Gasteiger partial charge in [0.05, 0.1) is 12.1 Å². The Kier molecular flexibility index (Phi) is 5.05. The van der Waals surface area contributed by atoms with Crippen molar-refractivity contribution in [2.45, 2.75) is 32.1 Å². The zero-order valence-electron chi connectivity index (χ0n) is 14.3. The van der Waals surface area contributed by atoms with Gasteiger partial charge in [0.25, 0.3) is 0 Å². The highest BCUT2D eigenvalue weighted by Crippen LogP contribution is 2.28. The van der Waals surface area contributed by atoms with Crippen LogP contribution >= 0.6 is 22.9 Å². The molecule has 3 nitrogen and oxygen atoms in total. The zero-order valence-corrected chi connectivity index (χ0v) is 15.9. The number of nitrogens with zero attached hydrogens (tertiary/aromatic N) is 1. The average molecular weight is 383 g/mol. The van der Waals surface area contributed by atoms with Crippen LogP contribution in [0.4, 0.5) is 5.69 Å². The maximum absolute atomic E-state index is 12.5. The topological polar surface area (TPSA) is 42.0 Å². The van der Waals surface area contributed by atoms with Crippen molar-refractivity contribution in [3.05, 3.63) is 69.7 Å². The molecule has 3 aromatic rings. The van der Waals surface area contributed by atoms with Crippen LogP contribution in [0.25, 0.3) is 10.6 Å². The third-order valence-corrected chi connectivity index (χ3v) is 5.85. The predicted molar refractivity (Wildman–Crippen MR) is 108 cm³/mol. The number of amides is 1. The second kappa shape index (κ2) is 7.60. The van der Waals surface area contributed by atoms with E-state index in [9.17, 15) is 4.79 Å². The summed E-state index contributed by atoms with van der Waals surface area (Å²) in [6.45, 7) is 0. The van der Waals surface area contributed by atoms with Gasteiger partial charge in [-0.1, -0.05) is 35.9 Å². The predicted octanol–water partition coefficient (Wildman–Crippen LogP) is 5.52. The van der Waals surface area contributed by atoms with Crippen LogP contribution in [0.5, 0.6) is 0 Å². The van der Waals surface area contributed by atoms with Crippen LogP contribution in [0.3, 0.4) is 0 Å². The van der Waals surface area contributed by atoms with Gasteiger partial charge < -0.3 is 5.32 Å². The fraction of sp³-hybridized carbons (Fsp3) is 0.238. The molecule has 0 aliphatic heterocycles. The summed E-state index contributed by atoms with van der Waals surface area (Å²) in [5, 5.41) is 6.64.